The molecule has 1 heterocycles. The Bertz CT molecular complexity index is 1640. The molecule has 0 radical (unpaired) electrons. The molecule has 46 heavy (non-hydrogen) atoms. The van der Waals surface area contributed by atoms with Crippen molar-refractivity contribution in [1.82, 2.24) is 4.31 Å². The fraction of sp³-hybridized carbons (Fsp3) is 0.500. The second-order valence-corrected chi connectivity index (χ2v) is 21.9. The quantitative estimate of drug-likeness (QED) is 0.182. The predicted octanol–water partition coefficient (Wildman–Crippen LogP) is 6.02. The van der Waals surface area contributed by atoms with Crippen molar-refractivity contribution in [3.05, 3.63) is 90.5 Å². The molecule has 1 aliphatic carbocycles. The molecule has 7 nitrogen and oxygen atoms in total. The van der Waals surface area contributed by atoms with E-state index in [1.54, 1.807) is 12.1 Å². The van der Waals surface area contributed by atoms with Crippen molar-refractivity contribution in [3.63, 3.8) is 0 Å². The van der Waals surface area contributed by atoms with Crippen LogP contribution in [0.4, 0.5) is 0 Å². The normalized spacial score (nSPS) is 23.2. The standard InChI is InChI=1S/C36H49NO6S2Si/c1-29-19-21-32(22-20-29)45(40,41)37-31(23-26-36(37)25-13-12-14-30(36)24-27-42-44(5,38)39)28-43-46(35(2,3)4,33-15-8-6-9-16-33)34-17-10-7-11-18-34/h6-11,15-22,30-31H,12-14,23-28H2,1-5H3/t30-,31-,36-/m0/s1. The second-order valence-electron chi connectivity index (χ2n) is 14.1. The van der Waals surface area contributed by atoms with Crippen molar-refractivity contribution in [2.45, 2.75) is 94.2 Å². The summed E-state index contributed by atoms with van der Waals surface area (Å²) in [5, 5.41) is 2.06. The van der Waals surface area contributed by atoms with E-state index in [2.05, 4.69) is 69.3 Å². The molecular weight excluding hydrogens is 635 g/mol. The molecule has 2 fully saturated rings. The van der Waals surface area contributed by atoms with Crippen molar-refractivity contribution in [2.24, 2.45) is 5.92 Å². The van der Waals surface area contributed by atoms with Crippen LogP contribution in [0.15, 0.2) is 89.8 Å². The van der Waals surface area contributed by atoms with Crippen LogP contribution in [0, 0.1) is 12.8 Å². The van der Waals surface area contributed by atoms with E-state index in [-0.39, 0.29) is 35.1 Å². The zero-order chi connectivity index (χ0) is 33.2. The number of hydrogen-bond acceptors (Lipinski definition) is 6. The largest absolute Gasteiger partial charge is 0.406 e. The first-order valence-corrected chi connectivity index (χ1v) is 21.6. The third-order valence-corrected chi connectivity index (χ3v) is 17.8. The van der Waals surface area contributed by atoms with Gasteiger partial charge in [-0.25, -0.2) is 8.42 Å². The SMILES string of the molecule is Cc1ccc(S(=O)(=O)N2[C@H](CO[Si](c3ccccc3)(c3ccccc3)C(C)(C)C)CC[C@]23CCCC[C@H]3CCOS(C)(=O)=O)cc1. The molecule has 3 aromatic carbocycles. The van der Waals surface area contributed by atoms with Gasteiger partial charge in [-0.15, -0.1) is 0 Å². The molecule has 1 aliphatic heterocycles. The molecule has 0 aromatic heterocycles. The monoisotopic (exact) mass is 683 g/mol. The summed E-state index contributed by atoms with van der Waals surface area (Å²) in [6, 6.07) is 27.6. The van der Waals surface area contributed by atoms with Crippen LogP contribution >= 0.6 is 0 Å². The first kappa shape index (κ1) is 35.0. The fourth-order valence-corrected chi connectivity index (χ4v) is 15.1. The smallest absolute Gasteiger partial charge is 0.264 e. The van der Waals surface area contributed by atoms with E-state index in [1.165, 1.54) is 0 Å². The van der Waals surface area contributed by atoms with E-state index in [0.717, 1.165) is 47.9 Å². The Morgan fingerprint density at radius 3 is 1.96 bits per heavy atom. The Kier molecular flexibility index (Phi) is 10.4. The molecule has 3 atom stereocenters. The summed E-state index contributed by atoms with van der Waals surface area (Å²) in [4.78, 5) is 0.284. The van der Waals surface area contributed by atoms with Crippen LogP contribution < -0.4 is 10.4 Å². The summed E-state index contributed by atoms with van der Waals surface area (Å²) < 4.78 is 67.7. The van der Waals surface area contributed by atoms with Crippen LogP contribution in [-0.2, 0) is 28.8 Å². The van der Waals surface area contributed by atoms with Gasteiger partial charge in [0.05, 0.1) is 24.4 Å². The lowest BCUT2D eigenvalue weighted by molar-refractivity contribution is 0.0538. The highest BCUT2D eigenvalue weighted by atomic mass is 32.2. The minimum Gasteiger partial charge on any atom is -0.406 e. The Balaban J connectivity index is 1.58. The van der Waals surface area contributed by atoms with E-state index in [1.807, 2.05) is 35.5 Å². The predicted molar refractivity (Wildman–Crippen MR) is 187 cm³/mol. The molecule has 0 N–H and O–H groups in total. The highest BCUT2D eigenvalue weighted by Crippen LogP contribution is 2.52. The summed E-state index contributed by atoms with van der Waals surface area (Å²) in [6.07, 6.45) is 6.38. The maximum absolute atomic E-state index is 14.8. The minimum absolute atomic E-state index is 0.0268. The minimum atomic E-state index is -3.92. The molecule has 5 rings (SSSR count). The van der Waals surface area contributed by atoms with Gasteiger partial charge in [0.2, 0.25) is 10.0 Å². The summed E-state index contributed by atoms with van der Waals surface area (Å²) in [7, 11) is -10.4. The number of rotatable bonds is 11. The molecule has 1 saturated carbocycles. The van der Waals surface area contributed by atoms with Crippen molar-refractivity contribution >= 4 is 38.8 Å². The summed E-state index contributed by atoms with van der Waals surface area (Å²) >= 11 is 0. The summed E-state index contributed by atoms with van der Waals surface area (Å²) in [5.74, 6) is -0.0268. The average molecular weight is 684 g/mol. The molecular formula is C36H49NO6S2Si. The maximum Gasteiger partial charge on any atom is 0.264 e. The summed E-state index contributed by atoms with van der Waals surface area (Å²) in [6.45, 7) is 8.96. The van der Waals surface area contributed by atoms with Gasteiger partial charge in [-0.1, -0.05) is 112 Å². The number of sulfonamides is 1. The van der Waals surface area contributed by atoms with Crippen molar-refractivity contribution < 1.29 is 25.4 Å². The van der Waals surface area contributed by atoms with Gasteiger partial charge in [0, 0.05) is 11.6 Å². The van der Waals surface area contributed by atoms with Crippen LogP contribution in [0.1, 0.15) is 71.3 Å². The summed E-state index contributed by atoms with van der Waals surface area (Å²) in [5.41, 5.74) is 0.359. The highest BCUT2D eigenvalue weighted by Gasteiger charge is 2.58. The Hall–Kier alpha value is -2.34. The lowest BCUT2D eigenvalue weighted by Gasteiger charge is -2.49. The Morgan fingerprint density at radius 2 is 1.41 bits per heavy atom. The van der Waals surface area contributed by atoms with Crippen LogP contribution in [0.3, 0.4) is 0 Å². The van der Waals surface area contributed by atoms with Crippen molar-refractivity contribution in [2.75, 3.05) is 19.5 Å². The molecule has 0 amide bonds. The number of aryl methyl sites for hydroxylation is 1. The molecule has 10 heteroatoms. The molecule has 1 saturated heterocycles. The Morgan fingerprint density at radius 1 is 0.826 bits per heavy atom. The first-order chi connectivity index (χ1) is 21.7. The number of nitrogens with zero attached hydrogens (tertiary/aromatic N) is 1. The zero-order valence-corrected chi connectivity index (χ0v) is 30.4. The number of benzene rings is 3. The van der Waals surface area contributed by atoms with E-state index in [4.69, 9.17) is 8.61 Å². The van der Waals surface area contributed by atoms with Gasteiger partial charge in [-0.3, -0.25) is 4.18 Å². The molecule has 0 bridgehead atoms. The van der Waals surface area contributed by atoms with Gasteiger partial charge in [-0.2, -0.15) is 12.7 Å². The topological polar surface area (TPSA) is 90.0 Å². The van der Waals surface area contributed by atoms with Gasteiger partial charge >= 0.3 is 0 Å². The van der Waals surface area contributed by atoms with E-state index in [0.29, 0.717) is 19.3 Å². The van der Waals surface area contributed by atoms with Gasteiger partial charge < -0.3 is 4.43 Å². The van der Waals surface area contributed by atoms with Crippen molar-refractivity contribution in [3.8, 4) is 0 Å². The highest BCUT2D eigenvalue weighted by molar-refractivity contribution is 7.89. The van der Waals surface area contributed by atoms with Gasteiger partial charge in [0.1, 0.15) is 0 Å². The van der Waals surface area contributed by atoms with Gasteiger partial charge in [-0.05, 0) is 72.5 Å². The zero-order valence-electron chi connectivity index (χ0n) is 27.8. The molecule has 0 unspecified atom stereocenters. The van der Waals surface area contributed by atoms with Crippen LogP contribution in [-0.4, -0.2) is 60.5 Å². The van der Waals surface area contributed by atoms with E-state index in [9.17, 15) is 16.8 Å². The van der Waals surface area contributed by atoms with Gasteiger partial charge in [0.15, 0.2) is 0 Å². The molecule has 3 aromatic rings. The fourth-order valence-electron chi connectivity index (χ4n) is 8.07. The van der Waals surface area contributed by atoms with Crippen molar-refractivity contribution in [1.29, 1.82) is 0 Å². The molecule has 1 spiro atoms. The third kappa shape index (κ3) is 6.93. The first-order valence-electron chi connectivity index (χ1n) is 16.4. The third-order valence-electron chi connectivity index (χ3n) is 10.1. The Labute approximate surface area is 277 Å². The van der Waals surface area contributed by atoms with E-state index >= 15 is 0 Å². The van der Waals surface area contributed by atoms with Crippen LogP contribution in [0.2, 0.25) is 5.04 Å². The second kappa shape index (κ2) is 13.6. The lowest BCUT2D eigenvalue weighted by atomic mass is 9.70. The molecule has 250 valence electrons. The van der Waals surface area contributed by atoms with Crippen LogP contribution in [0.25, 0.3) is 0 Å². The van der Waals surface area contributed by atoms with Gasteiger partial charge in [0.25, 0.3) is 18.4 Å². The van der Waals surface area contributed by atoms with Crippen LogP contribution in [0.5, 0.6) is 0 Å². The van der Waals surface area contributed by atoms with E-state index < -0.39 is 34.0 Å². The molecule has 2 aliphatic rings. The lowest BCUT2D eigenvalue weighted by Crippen LogP contribution is -2.67. The average Bonchev–Trinajstić information content (AvgIpc) is 3.37. The number of hydrogen-bond donors (Lipinski definition) is 0. The maximum atomic E-state index is 14.8.